The van der Waals surface area contributed by atoms with Crippen molar-refractivity contribution in [1.29, 1.82) is 5.26 Å². The Labute approximate surface area is 165 Å². The maximum absolute atomic E-state index is 13.3. The molecule has 0 radical (unpaired) electrons. The highest BCUT2D eigenvalue weighted by Gasteiger charge is 2.25. The van der Waals surface area contributed by atoms with Gasteiger partial charge in [0.2, 0.25) is 10.0 Å². The van der Waals surface area contributed by atoms with Crippen molar-refractivity contribution in [3.8, 4) is 11.8 Å². The number of sulfonamides is 1. The van der Waals surface area contributed by atoms with Gasteiger partial charge in [0.15, 0.2) is 0 Å². The Morgan fingerprint density at radius 2 is 1.43 bits per heavy atom. The van der Waals surface area contributed by atoms with E-state index in [1.807, 2.05) is 60.7 Å². The minimum absolute atomic E-state index is 0.163. The van der Waals surface area contributed by atoms with Crippen LogP contribution in [0.4, 0.5) is 0 Å². The van der Waals surface area contributed by atoms with Crippen LogP contribution in [0.15, 0.2) is 83.8 Å². The number of nitrogens with zero attached hydrogens (tertiary/aromatic N) is 2. The zero-order valence-electron chi connectivity index (χ0n) is 15.4. The molecule has 0 N–H and O–H groups in total. The van der Waals surface area contributed by atoms with Crippen LogP contribution in [0.2, 0.25) is 0 Å². The van der Waals surface area contributed by atoms with Gasteiger partial charge in [0.1, 0.15) is 5.75 Å². The lowest BCUT2D eigenvalue weighted by molar-refractivity contribution is 0.399. The van der Waals surface area contributed by atoms with Crippen LogP contribution in [0.1, 0.15) is 16.7 Å². The Morgan fingerprint density at radius 1 is 0.857 bits per heavy atom. The molecular formula is C22H20N2O3S. The molecule has 5 nitrogen and oxygen atoms in total. The zero-order chi connectivity index (χ0) is 20.0. The van der Waals surface area contributed by atoms with E-state index in [9.17, 15) is 8.42 Å². The summed E-state index contributed by atoms with van der Waals surface area (Å²) in [5, 5.41) is 8.95. The summed E-state index contributed by atoms with van der Waals surface area (Å²) in [7, 11) is -2.16. The molecule has 0 saturated heterocycles. The lowest BCUT2D eigenvalue weighted by Crippen LogP contribution is -2.30. The maximum atomic E-state index is 13.3. The van der Waals surface area contributed by atoms with Gasteiger partial charge in [-0.3, -0.25) is 0 Å². The first kappa shape index (κ1) is 19.6. The molecule has 0 saturated carbocycles. The first-order valence-corrected chi connectivity index (χ1v) is 10.1. The third kappa shape index (κ3) is 4.58. The Balaban J connectivity index is 1.94. The van der Waals surface area contributed by atoms with Crippen molar-refractivity contribution in [2.45, 2.75) is 18.0 Å². The van der Waals surface area contributed by atoms with Crippen molar-refractivity contribution in [3.05, 3.63) is 95.6 Å². The average molecular weight is 392 g/mol. The van der Waals surface area contributed by atoms with E-state index >= 15 is 0 Å². The van der Waals surface area contributed by atoms with E-state index in [1.165, 1.54) is 28.6 Å². The van der Waals surface area contributed by atoms with Crippen molar-refractivity contribution in [3.63, 3.8) is 0 Å². The molecule has 0 aliphatic heterocycles. The molecule has 0 amide bonds. The molecule has 0 spiro atoms. The van der Waals surface area contributed by atoms with Crippen LogP contribution in [0, 0.1) is 11.3 Å². The minimum Gasteiger partial charge on any atom is -0.497 e. The topological polar surface area (TPSA) is 70.4 Å². The quantitative estimate of drug-likeness (QED) is 0.610. The van der Waals surface area contributed by atoms with Crippen LogP contribution in [-0.4, -0.2) is 19.8 Å². The van der Waals surface area contributed by atoms with Gasteiger partial charge in [-0.05, 0) is 47.5 Å². The molecule has 3 rings (SSSR count). The van der Waals surface area contributed by atoms with Gasteiger partial charge in [0, 0.05) is 13.1 Å². The molecule has 0 fully saturated rings. The van der Waals surface area contributed by atoms with Gasteiger partial charge in [-0.1, -0.05) is 42.5 Å². The predicted octanol–water partition coefficient (Wildman–Crippen LogP) is 3.96. The van der Waals surface area contributed by atoms with Gasteiger partial charge in [-0.25, -0.2) is 8.42 Å². The van der Waals surface area contributed by atoms with Gasteiger partial charge in [-0.15, -0.1) is 0 Å². The second-order valence-corrected chi connectivity index (χ2v) is 8.18. The van der Waals surface area contributed by atoms with Crippen molar-refractivity contribution >= 4 is 10.0 Å². The Morgan fingerprint density at radius 3 is 1.96 bits per heavy atom. The van der Waals surface area contributed by atoms with E-state index in [0.29, 0.717) is 11.3 Å². The number of nitriles is 1. The van der Waals surface area contributed by atoms with E-state index in [1.54, 1.807) is 7.11 Å². The SMILES string of the molecule is COc1ccc(CN(Cc2ccccc2)S(=O)(=O)c2ccc(C#N)cc2)cc1. The van der Waals surface area contributed by atoms with Gasteiger partial charge < -0.3 is 4.74 Å². The number of hydrogen-bond acceptors (Lipinski definition) is 4. The zero-order valence-corrected chi connectivity index (χ0v) is 16.3. The van der Waals surface area contributed by atoms with Crippen LogP contribution in [0.3, 0.4) is 0 Å². The fourth-order valence-electron chi connectivity index (χ4n) is 2.80. The Hall–Kier alpha value is -3.14. The van der Waals surface area contributed by atoms with Crippen LogP contribution in [0.5, 0.6) is 5.75 Å². The standard InChI is InChI=1S/C22H20N2O3S/c1-27-21-11-7-20(8-12-21)17-24(16-19-5-3-2-4-6-19)28(25,26)22-13-9-18(15-23)10-14-22/h2-14H,16-17H2,1H3. The van der Waals surface area contributed by atoms with E-state index in [-0.39, 0.29) is 18.0 Å². The van der Waals surface area contributed by atoms with E-state index < -0.39 is 10.0 Å². The lowest BCUT2D eigenvalue weighted by atomic mass is 10.2. The monoisotopic (exact) mass is 392 g/mol. The van der Waals surface area contributed by atoms with E-state index in [4.69, 9.17) is 10.00 Å². The molecule has 142 valence electrons. The molecule has 0 bridgehead atoms. The first-order chi connectivity index (χ1) is 13.5. The van der Waals surface area contributed by atoms with E-state index in [2.05, 4.69) is 0 Å². The summed E-state index contributed by atoms with van der Waals surface area (Å²) in [6.45, 7) is 0.469. The molecule has 3 aromatic rings. The summed E-state index contributed by atoms with van der Waals surface area (Å²) in [6, 6.07) is 24.8. The molecule has 0 atom stereocenters. The molecule has 3 aromatic carbocycles. The highest BCUT2D eigenvalue weighted by molar-refractivity contribution is 7.89. The van der Waals surface area contributed by atoms with Crippen molar-refractivity contribution in [1.82, 2.24) is 4.31 Å². The van der Waals surface area contributed by atoms with Crippen molar-refractivity contribution in [2.24, 2.45) is 0 Å². The molecule has 0 aliphatic carbocycles. The number of benzene rings is 3. The molecule has 0 heterocycles. The highest BCUT2D eigenvalue weighted by atomic mass is 32.2. The van der Waals surface area contributed by atoms with Gasteiger partial charge in [0.25, 0.3) is 0 Å². The second-order valence-electron chi connectivity index (χ2n) is 6.24. The third-order valence-electron chi connectivity index (χ3n) is 4.34. The van der Waals surface area contributed by atoms with Crippen molar-refractivity contribution < 1.29 is 13.2 Å². The fraction of sp³-hybridized carbons (Fsp3) is 0.136. The summed E-state index contributed by atoms with van der Waals surface area (Å²) in [5.41, 5.74) is 2.17. The largest absolute Gasteiger partial charge is 0.497 e. The molecule has 6 heteroatoms. The summed E-state index contributed by atoms with van der Waals surface area (Å²) in [4.78, 5) is 0.163. The molecule has 0 aromatic heterocycles. The van der Waals surface area contributed by atoms with Gasteiger partial charge >= 0.3 is 0 Å². The summed E-state index contributed by atoms with van der Waals surface area (Å²) in [5.74, 6) is 0.716. The third-order valence-corrected chi connectivity index (χ3v) is 6.15. The number of rotatable bonds is 7. The van der Waals surface area contributed by atoms with Crippen LogP contribution in [-0.2, 0) is 23.1 Å². The first-order valence-electron chi connectivity index (χ1n) is 8.70. The van der Waals surface area contributed by atoms with Crippen molar-refractivity contribution in [2.75, 3.05) is 7.11 Å². The minimum atomic E-state index is -3.75. The number of methoxy groups -OCH3 is 1. The average Bonchev–Trinajstić information content (AvgIpc) is 2.74. The summed E-state index contributed by atoms with van der Waals surface area (Å²) < 4.78 is 33.2. The summed E-state index contributed by atoms with van der Waals surface area (Å²) in [6.07, 6.45) is 0. The summed E-state index contributed by atoms with van der Waals surface area (Å²) >= 11 is 0. The number of ether oxygens (including phenoxy) is 1. The highest BCUT2D eigenvalue weighted by Crippen LogP contribution is 2.22. The van der Waals surface area contributed by atoms with Gasteiger partial charge in [-0.2, -0.15) is 9.57 Å². The Kier molecular flexibility index (Phi) is 6.09. The predicted molar refractivity (Wildman–Crippen MR) is 107 cm³/mol. The smallest absolute Gasteiger partial charge is 0.243 e. The fourth-order valence-corrected chi connectivity index (χ4v) is 4.21. The molecular weight excluding hydrogens is 372 g/mol. The maximum Gasteiger partial charge on any atom is 0.243 e. The number of hydrogen-bond donors (Lipinski definition) is 0. The lowest BCUT2D eigenvalue weighted by Gasteiger charge is -2.23. The van der Waals surface area contributed by atoms with Crippen LogP contribution < -0.4 is 4.74 Å². The van der Waals surface area contributed by atoms with Gasteiger partial charge in [0.05, 0.1) is 23.6 Å². The molecule has 0 aliphatic rings. The van der Waals surface area contributed by atoms with E-state index in [0.717, 1.165) is 11.1 Å². The van der Waals surface area contributed by atoms with Crippen LogP contribution in [0.25, 0.3) is 0 Å². The molecule has 28 heavy (non-hydrogen) atoms. The second kappa shape index (κ2) is 8.70. The Bertz CT molecular complexity index is 1060. The molecule has 0 unspecified atom stereocenters. The van der Waals surface area contributed by atoms with Crippen LogP contribution >= 0.6 is 0 Å². The normalized spacial score (nSPS) is 11.2.